The van der Waals surface area contributed by atoms with Gasteiger partial charge in [-0.15, -0.1) is 0 Å². The van der Waals surface area contributed by atoms with E-state index in [1.807, 2.05) is 0 Å². The third kappa shape index (κ3) is 3.41. The number of hydrogen-bond acceptors (Lipinski definition) is 3. The fraction of sp³-hybridized carbons (Fsp3) is 0.667. The molecule has 1 aliphatic rings. The van der Waals surface area contributed by atoms with Crippen molar-refractivity contribution in [3.8, 4) is 5.75 Å². The van der Waals surface area contributed by atoms with Crippen LogP contribution in [-0.2, 0) is 0 Å². The summed E-state index contributed by atoms with van der Waals surface area (Å²) in [6.45, 7) is 6.55. The van der Waals surface area contributed by atoms with Crippen molar-refractivity contribution in [1.29, 1.82) is 0 Å². The summed E-state index contributed by atoms with van der Waals surface area (Å²) in [5.41, 5.74) is 6.77. The molecule has 21 heavy (non-hydrogen) atoms. The van der Waals surface area contributed by atoms with Gasteiger partial charge in [0, 0.05) is 5.56 Å². The van der Waals surface area contributed by atoms with Crippen molar-refractivity contribution in [3.05, 3.63) is 28.8 Å². The van der Waals surface area contributed by atoms with Crippen LogP contribution in [0.15, 0.2) is 12.1 Å². The van der Waals surface area contributed by atoms with E-state index in [9.17, 15) is 0 Å². The number of nitrogens with one attached hydrogen (secondary N) is 1. The maximum atomic E-state index is 5.93. The first-order chi connectivity index (χ1) is 10.1. The van der Waals surface area contributed by atoms with E-state index in [0.717, 1.165) is 11.7 Å². The molecule has 1 aliphatic carbocycles. The second-order valence-electron chi connectivity index (χ2n) is 6.48. The van der Waals surface area contributed by atoms with Crippen molar-refractivity contribution in [3.63, 3.8) is 0 Å². The minimum absolute atomic E-state index is 0.189. The Kier molecular flexibility index (Phi) is 5.65. The highest BCUT2D eigenvalue weighted by molar-refractivity contribution is 5.47. The first-order valence-electron chi connectivity index (χ1n) is 8.22. The van der Waals surface area contributed by atoms with Crippen molar-refractivity contribution in [2.24, 2.45) is 17.7 Å². The Morgan fingerprint density at radius 2 is 2.10 bits per heavy atom. The summed E-state index contributed by atoms with van der Waals surface area (Å²) in [7, 11) is 1.76. The standard InChI is InChI=1S/C18H30N2O/c1-5-14-7-6-8-15(11-14)17(20-19)16-10-9-12(2)13(3)18(16)21-4/h9-10,14-15,17,20H,5-8,11,19H2,1-4H3. The smallest absolute Gasteiger partial charge is 0.126 e. The molecule has 0 saturated heterocycles. The molecule has 0 bridgehead atoms. The SMILES string of the molecule is CCC1CCCC(C(NN)c2ccc(C)c(C)c2OC)C1. The Labute approximate surface area is 129 Å². The zero-order chi connectivity index (χ0) is 15.4. The van der Waals surface area contributed by atoms with Crippen LogP contribution in [0.2, 0.25) is 0 Å². The number of benzene rings is 1. The molecule has 0 heterocycles. The Bertz CT molecular complexity index is 473. The van der Waals surface area contributed by atoms with Gasteiger partial charge in [-0.05, 0) is 49.7 Å². The number of hydrazine groups is 1. The van der Waals surface area contributed by atoms with E-state index in [-0.39, 0.29) is 6.04 Å². The van der Waals surface area contributed by atoms with Crippen molar-refractivity contribution >= 4 is 0 Å². The minimum Gasteiger partial charge on any atom is -0.496 e. The van der Waals surface area contributed by atoms with Gasteiger partial charge < -0.3 is 4.74 Å². The molecule has 0 radical (unpaired) electrons. The van der Waals surface area contributed by atoms with Crippen molar-refractivity contribution in [2.45, 2.75) is 58.9 Å². The first kappa shape index (κ1) is 16.3. The quantitative estimate of drug-likeness (QED) is 0.635. The van der Waals surface area contributed by atoms with Gasteiger partial charge >= 0.3 is 0 Å². The van der Waals surface area contributed by atoms with Gasteiger partial charge in [-0.25, -0.2) is 0 Å². The molecule has 3 N–H and O–H groups in total. The number of rotatable bonds is 5. The Hall–Kier alpha value is -1.06. The molecule has 3 heteroatoms. The summed E-state index contributed by atoms with van der Waals surface area (Å²) in [6.07, 6.45) is 6.48. The molecule has 118 valence electrons. The average molecular weight is 290 g/mol. The number of aryl methyl sites for hydroxylation is 1. The summed E-state index contributed by atoms with van der Waals surface area (Å²) in [5, 5.41) is 0. The third-order valence-corrected chi connectivity index (χ3v) is 5.30. The van der Waals surface area contributed by atoms with Crippen molar-refractivity contribution in [1.82, 2.24) is 5.43 Å². The largest absolute Gasteiger partial charge is 0.496 e. The lowest BCUT2D eigenvalue weighted by Gasteiger charge is -2.35. The molecule has 3 nitrogen and oxygen atoms in total. The monoisotopic (exact) mass is 290 g/mol. The van der Waals surface area contributed by atoms with E-state index in [1.54, 1.807) is 7.11 Å². The number of ether oxygens (including phenoxy) is 1. The van der Waals surface area contributed by atoms with Crippen LogP contribution in [0.1, 0.15) is 61.8 Å². The normalized spacial score (nSPS) is 23.9. The first-order valence-corrected chi connectivity index (χ1v) is 8.22. The fourth-order valence-corrected chi connectivity index (χ4v) is 3.81. The zero-order valence-corrected chi connectivity index (χ0v) is 13.9. The van der Waals surface area contributed by atoms with Crippen molar-refractivity contribution in [2.75, 3.05) is 7.11 Å². The van der Waals surface area contributed by atoms with E-state index >= 15 is 0 Å². The molecule has 1 aromatic rings. The molecule has 0 aliphatic heterocycles. The summed E-state index contributed by atoms with van der Waals surface area (Å²) < 4.78 is 5.69. The summed E-state index contributed by atoms with van der Waals surface area (Å²) in [4.78, 5) is 0. The molecule has 0 aromatic heterocycles. The number of methoxy groups -OCH3 is 1. The molecule has 0 amide bonds. The van der Waals surface area contributed by atoms with Gasteiger partial charge in [0.15, 0.2) is 0 Å². The maximum absolute atomic E-state index is 5.93. The van der Waals surface area contributed by atoms with Crippen LogP contribution in [0.3, 0.4) is 0 Å². The molecule has 1 fully saturated rings. The van der Waals surface area contributed by atoms with Gasteiger partial charge in [-0.3, -0.25) is 11.3 Å². The highest BCUT2D eigenvalue weighted by Crippen LogP contribution is 2.41. The summed E-state index contributed by atoms with van der Waals surface area (Å²) >= 11 is 0. The molecule has 1 aromatic carbocycles. The molecule has 1 saturated carbocycles. The lowest BCUT2D eigenvalue weighted by atomic mass is 9.75. The fourth-order valence-electron chi connectivity index (χ4n) is 3.81. The van der Waals surface area contributed by atoms with E-state index in [4.69, 9.17) is 10.6 Å². The minimum atomic E-state index is 0.189. The molecule has 2 rings (SSSR count). The molecule has 3 atom stereocenters. The van der Waals surface area contributed by atoms with E-state index in [2.05, 4.69) is 38.3 Å². The molecule has 0 spiro atoms. The predicted molar refractivity (Wildman–Crippen MR) is 88.3 cm³/mol. The van der Waals surface area contributed by atoms with Gasteiger partial charge in [0.05, 0.1) is 13.2 Å². The molecule has 3 unspecified atom stereocenters. The number of nitrogens with two attached hydrogens (primary N) is 1. The van der Waals surface area contributed by atoms with Gasteiger partial charge in [-0.2, -0.15) is 0 Å². The second kappa shape index (κ2) is 7.28. The van der Waals surface area contributed by atoms with E-state index in [0.29, 0.717) is 5.92 Å². The van der Waals surface area contributed by atoms with Crippen LogP contribution in [0.4, 0.5) is 0 Å². The second-order valence-corrected chi connectivity index (χ2v) is 6.48. The Morgan fingerprint density at radius 1 is 1.33 bits per heavy atom. The lowest BCUT2D eigenvalue weighted by molar-refractivity contribution is 0.207. The van der Waals surface area contributed by atoms with Crippen LogP contribution in [0.25, 0.3) is 0 Å². The molecular formula is C18H30N2O. The predicted octanol–water partition coefficient (Wildman–Crippen LogP) is 4.03. The van der Waals surface area contributed by atoms with Crippen LogP contribution in [0.5, 0.6) is 5.75 Å². The molecular weight excluding hydrogens is 260 g/mol. The Morgan fingerprint density at radius 3 is 2.71 bits per heavy atom. The Balaban J connectivity index is 2.31. The van der Waals surface area contributed by atoms with Gasteiger partial charge in [-0.1, -0.05) is 38.3 Å². The summed E-state index contributed by atoms with van der Waals surface area (Å²) in [5.74, 6) is 8.37. The van der Waals surface area contributed by atoms with E-state index < -0.39 is 0 Å². The van der Waals surface area contributed by atoms with Crippen molar-refractivity contribution < 1.29 is 4.74 Å². The van der Waals surface area contributed by atoms with Crippen LogP contribution < -0.4 is 16.0 Å². The van der Waals surface area contributed by atoms with Gasteiger partial charge in [0.2, 0.25) is 0 Å². The zero-order valence-electron chi connectivity index (χ0n) is 13.9. The lowest BCUT2D eigenvalue weighted by Crippen LogP contribution is -2.36. The maximum Gasteiger partial charge on any atom is 0.126 e. The average Bonchev–Trinajstić information content (AvgIpc) is 2.52. The highest BCUT2D eigenvalue weighted by Gasteiger charge is 2.30. The van der Waals surface area contributed by atoms with Crippen LogP contribution in [0, 0.1) is 25.7 Å². The van der Waals surface area contributed by atoms with Crippen LogP contribution in [-0.4, -0.2) is 7.11 Å². The highest BCUT2D eigenvalue weighted by atomic mass is 16.5. The summed E-state index contributed by atoms with van der Waals surface area (Å²) in [6, 6.07) is 4.55. The third-order valence-electron chi connectivity index (χ3n) is 5.30. The van der Waals surface area contributed by atoms with Crippen LogP contribution >= 0.6 is 0 Å². The van der Waals surface area contributed by atoms with Gasteiger partial charge in [0.25, 0.3) is 0 Å². The van der Waals surface area contributed by atoms with E-state index in [1.165, 1.54) is 48.8 Å². The topological polar surface area (TPSA) is 47.3 Å². The number of hydrogen-bond donors (Lipinski definition) is 2. The van der Waals surface area contributed by atoms with Gasteiger partial charge in [0.1, 0.15) is 5.75 Å².